The first-order valence-corrected chi connectivity index (χ1v) is 10.7. The van der Waals surface area contributed by atoms with Crippen LogP contribution in [0.25, 0.3) is 0 Å². The van der Waals surface area contributed by atoms with Crippen molar-refractivity contribution in [1.29, 1.82) is 0 Å². The molecule has 186 valence electrons. The van der Waals surface area contributed by atoms with Gasteiger partial charge in [0.15, 0.2) is 12.6 Å². The SMILES string of the molecule is C=C[C@@H](O)[C@H](CO[C@@H]1OC(CO)[C@@H](O[C@@H]2OC(CO)[C@H](O)[C@H](O)C2O)[C@H](O)C1O)N=PN. The molecule has 0 aromatic heterocycles. The van der Waals surface area contributed by atoms with Crippen LogP contribution >= 0.6 is 8.52 Å². The molecule has 32 heavy (non-hydrogen) atoms. The fourth-order valence-electron chi connectivity index (χ4n) is 3.33. The van der Waals surface area contributed by atoms with Crippen molar-refractivity contribution in [2.45, 2.75) is 73.6 Å². The molecule has 2 aliphatic heterocycles. The Hall–Kier alpha value is -0.680. The predicted octanol–water partition coefficient (Wildman–Crippen LogP) is -4.45. The lowest BCUT2D eigenvalue weighted by molar-refractivity contribution is -0.359. The third kappa shape index (κ3) is 6.25. The quantitative estimate of drug-likeness (QED) is 0.105. The van der Waals surface area contributed by atoms with Crippen molar-refractivity contribution in [2.75, 3.05) is 19.8 Å². The summed E-state index contributed by atoms with van der Waals surface area (Å²) >= 11 is 0. The predicted molar refractivity (Wildman–Crippen MR) is 106 cm³/mol. The molecule has 0 radical (unpaired) electrons. The highest BCUT2D eigenvalue weighted by Crippen LogP contribution is 2.29. The normalized spacial score (nSPS) is 42.7. The van der Waals surface area contributed by atoms with Gasteiger partial charge in [0.25, 0.3) is 0 Å². The molecule has 2 saturated heterocycles. The van der Waals surface area contributed by atoms with Crippen molar-refractivity contribution >= 4 is 8.52 Å². The van der Waals surface area contributed by atoms with Gasteiger partial charge in [-0.05, 0) is 0 Å². The van der Waals surface area contributed by atoms with E-state index in [9.17, 15) is 40.9 Å². The van der Waals surface area contributed by atoms with Gasteiger partial charge in [0.05, 0.1) is 34.4 Å². The van der Waals surface area contributed by atoms with Crippen molar-refractivity contribution in [1.82, 2.24) is 0 Å². The third-order valence-electron chi connectivity index (χ3n) is 5.24. The maximum Gasteiger partial charge on any atom is 0.187 e. The van der Waals surface area contributed by atoms with Crippen molar-refractivity contribution < 1.29 is 59.8 Å². The van der Waals surface area contributed by atoms with Gasteiger partial charge in [-0.1, -0.05) is 6.08 Å². The van der Waals surface area contributed by atoms with Crippen LogP contribution < -0.4 is 5.50 Å². The van der Waals surface area contributed by atoms with E-state index in [1.807, 2.05) is 0 Å². The molecule has 0 bridgehead atoms. The van der Waals surface area contributed by atoms with E-state index in [0.29, 0.717) is 0 Å². The summed E-state index contributed by atoms with van der Waals surface area (Å²) in [6.07, 6.45) is -15.4. The molecule has 0 spiro atoms. The van der Waals surface area contributed by atoms with Crippen molar-refractivity contribution in [3.05, 3.63) is 12.7 Å². The molecule has 4 unspecified atom stereocenters. The van der Waals surface area contributed by atoms with Gasteiger partial charge < -0.3 is 59.8 Å². The zero-order valence-corrected chi connectivity index (χ0v) is 17.9. The van der Waals surface area contributed by atoms with Crippen LogP contribution in [0.1, 0.15) is 0 Å². The van der Waals surface area contributed by atoms with Crippen molar-refractivity contribution in [3.63, 3.8) is 0 Å². The van der Waals surface area contributed by atoms with E-state index in [1.54, 1.807) is 0 Å². The number of aliphatic hydroxyl groups excluding tert-OH is 8. The molecular weight excluding hydrogens is 455 g/mol. The number of aliphatic hydroxyl groups is 8. The van der Waals surface area contributed by atoms with E-state index in [1.165, 1.54) is 6.08 Å². The Kier molecular flexibility index (Phi) is 10.9. The van der Waals surface area contributed by atoms with Crippen LogP contribution in [0.5, 0.6) is 0 Å². The van der Waals surface area contributed by atoms with E-state index >= 15 is 0 Å². The van der Waals surface area contributed by atoms with Crippen LogP contribution in [-0.4, -0.2) is 134 Å². The summed E-state index contributed by atoms with van der Waals surface area (Å²) in [5.74, 6) is 0. The molecule has 0 amide bonds. The van der Waals surface area contributed by atoms with Gasteiger partial charge in [0, 0.05) is 0 Å². The molecule has 0 aromatic carbocycles. The topological polar surface area (TPSA) is 237 Å². The van der Waals surface area contributed by atoms with Crippen LogP contribution in [0.2, 0.25) is 0 Å². The smallest absolute Gasteiger partial charge is 0.187 e. The van der Waals surface area contributed by atoms with Crippen molar-refractivity contribution in [3.8, 4) is 0 Å². The van der Waals surface area contributed by atoms with Gasteiger partial charge in [0.2, 0.25) is 0 Å². The second-order valence-corrected chi connectivity index (χ2v) is 7.82. The van der Waals surface area contributed by atoms with Gasteiger partial charge in [-0.25, -0.2) is 4.74 Å². The fraction of sp³-hybridized carbons (Fsp3) is 0.882. The first-order valence-electron chi connectivity index (χ1n) is 9.80. The Morgan fingerprint density at radius 3 is 2.09 bits per heavy atom. The van der Waals surface area contributed by atoms with Crippen LogP contribution in [0.3, 0.4) is 0 Å². The van der Waals surface area contributed by atoms with Crippen LogP contribution in [-0.2, 0) is 18.9 Å². The Balaban J connectivity index is 2.07. The fourth-order valence-corrected chi connectivity index (χ4v) is 3.70. The summed E-state index contributed by atoms with van der Waals surface area (Å²) in [6.45, 7) is 1.79. The lowest BCUT2D eigenvalue weighted by Crippen LogP contribution is -2.64. The molecule has 12 atom stereocenters. The van der Waals surface area contributed by atoms with Crippen LogP contribution in [0.15, 0.2) is 17.4 Å². The summed E-state index contributed by atoms with van der Waals surface area (Å²) in [5, 5.41) is 79.6. The molecular formula is C17H31N2O12P. The minimum absolute atomic E-state index is 0.128. The first-order chi connectivity index (χ1) is 15.2. The minimum atomic E-state index is -1.76. The Morgan fingerprint density at radius 2 is 1.53 bits per heavy atom. The number of rotatable bonds is 10. The zero-order chi connectivity index (χ0) is 24.0. The van der Waals surface area contributed by atoms with E-state index in [0.717, 1.165) is 0 Å². The number of hydrogen-bond acceptors (Lipinski definition) is 13. The number of hydrogen-bond donors (Lipinski definition) is 9. The van der Waals surface area contributed by atoms with Gasteiger partial charge in [-0.3, -0.25) is 5.50 Å². The van der Waals surface area contributed by atoms with Gasteiger partial charge >= 0.3 is 0 Å². The van der Waals surface area contributed by atoms with Gasteiger partial charge in [0.1, 0.15) is 54.9 Å². The Bertz CT molecular complexity index is 614. The molecule has 0 aromatic rings. The minimum Gasteiger partial charge on any atom is -0.394 e. The zero-order valence-electron chi connectivity index (χ0n) is 17.0. The maximum absolute atomic E-state index is 10.5. The van der Waals surface area contributed by atoms with E-state index in [2.05, 4.69) is 11.3 Å². The second-order valence-electron chi connectivity index (χ2n) is 7.36. The molecule has 14 nitrogen and oxygen atoms in total. The number of nitrogens with zero attached hydrogens (tertiary/aromatic N) is 1. The first kappa shape index (κ1) is 27.6. The molecule has 2 aliphatic rings. The van der Waals surface area contributed by atoms with E-state index in [-0.39, 0.29) is 15.1 Å². The van der Waals surface area contributed by atoms with Gasteiger partial charge in [-0.15, -0.1) is 6.58 Å². The molecule has 2 fully saturated rings. The number of ether oxygens (including phenoxy) is 4. The van der Waals surface area contributed by atoms with Crippen LogP contribution in [0.4, 0.5) is 0 Å². The van der Waals surface area contributed by atoms with E-state index < -0.39 is 86.8 Å². The monoisotopic (exact) mass is 486 g/mol. The number of nitrogens with two attached hydrogens (primary N) is 1. The van der Waals surface area contributed by atoms with Crippen molar-refractivity contribution in [2.24, 2.45) is 10.2 Å². The Labute approximate surface area is 185 Å². The maximum atomic E-state index is 10.5. The van der Waals surface area contributed by atoms with Crippen LogP contribution in [0, 0.1) is 0 Å². The molecule has 15 heteroatoms. The molecule has 10 N–H and O–H groups in total. The molecule has 0 saturated carbocycles. The summed E-state index contributed by atoms with van der Waals surface area (Å²) in [4.78, 5) is 0. The molecule has 2 rings (SSSR count). The average Bonchev–Trinajstić information content (AvgIpc) is 2.80. The van der Waals surface area contributed by atoms with Gasteiger partial charge in [-0.2, -0.15) is 0 Å². The Morgan fingerprint density at radius 1 is 0.938 bits per heavy atom. The average molecular weight is 486 g/mol. The highest BCUT2D eigenvalue weighted by Gasteiger charge is 2.50. The summed E-state index contributed by atoms with van der Waals surface area (Å²) < 4.78 is 25.5. The summed E-state index contributed by atoms with van der Waals surface area (Å²) in [7, 11) is 0.128. The second kappa shape index (κ2) is 12.7. The highest BCUT2D eigenvalue weighted by molar-refractivity contribution is 7.23. The summed E-state index contributed by atoms with van der Waals surface area (Å²) in [5.41, 5.74) is 5.33. The third-order valence-corrected chi connectivity index (χ3v) is 5.67. The molecule has 2 heterocycles. The lowest BCUT2D eigenvalue weighted by atomic mass is 9.97. The lowest BCUT2D eigenvalue weighted by Gasteiger charge is -2.46. The summed E-state index contributed by atoms with van der Waals surface area (Å²) in [6, 6.07) is -0.831. The highest BCUT2D eigenvalue weighted by atomic mass is 31.1. The largest absolute Gasteiger partial charge is 0.394 e. The standard InChI is InChI=1S/C17H31N2O12P/c1-2-7(22)6(19-32-18)5-28-16-14(27)12(25)15(9(4-21)30-16)31-17-13(26)11(24)10(23)8(3-20)29-17/h2,6-17,20-27H,1,3-5H2,(H2,18,19)/t6-,7+,8?,9?,10-,11-,12+,13?,14?,15+,16+,17-/m0/s1. The molecule has 0 aliphatic carbocycles. The van der Waals surface area contributed by atoms with E-state index in [4.69, 9.17) is 24.5 Å².